The van der Waals surface area contributed by atoms with Crippen LogP contribution in [-0.4, -0.2) is 46.0 Å². The largest absolute Gasteiger partial charge is 0.353 e. The maximum atomic E-state index is 10.2. The molecule has 0 aromatic carbocycles. The van der Waals surface area contributed by atoms with Gasteiger partial charge in [-0.15, -0.1) is 0 Å². The Hall–Kier alpha value is -2.62. The highest BCUT2D eigenvalue weighted by Gasteiger charge is 2.14. The standard InChI is InChI=1S/C4H4N2.C3H4N2O2.C3H4N2OS/c1-2-5-4-6-3-1;2*6-2-1-4-3(7)5-2/h1-4H;2*1H2,(H2,4,5,6,7). The highest BCUT2D eigenvalue weighted by molar-refractivity contribution is 7.80. The minimum atomic E-state index is -0.398. The van der Waals surface area contributed by atoms with Crippen LogP contribution in [0.4, 0.5) is 4.79 Å². The van der Waals surface area contributed by atoms with Crippen molar-refractivity contribution in [3.05, 3.63) is 24.8 Å². The van der Waals surface area contributed by atoms with Gasteiger partial charge in [0.25, 0.3) is 0 Å². The molecule has 0 unspecified atom stereocenters. The molecule has 0 bridgehead atoms. The Morgan fingerprint density at radius 2 is 1.55 bits per heavy atom. The van der Waals surface area contributed by atoms with Gasteiger partial charge in [0.15, 0.2) is 5.11 Å². The van der Waals surface area contributed by atoms with Crippen LogP contribution in [-0.2, 0) is 9.59 Å². The van der Waals surface area contributed by atoms with Crippen molar-refractivity contribution >= 4 is 35.2 Å². The summed E-state index contributed by atoms with van der Waals surface area (Å²) in [6, 6.07) is 1.38. The molecule has 0 atom stereocenters. The van der Waals surface area contributed by atoms with Crippen molar-refractivity contribution < 1.29 is 14.4 Å². The van der Waals surface area contributed by atoms with Crippen LogP contribution in [0.15, 0.2) is 24.8 Å². The number of imide groups is 1. The molecule has 0 radical (unpaired) electrons. The molecular formula is C10H12N6O3S. The van der Waals surface area contributed by atoms with Crippen LogP contribution in [0.25, 0.3) is 0 Å². The fourth-order valence-corrected chi connectivity index (χ4v) is 1.19. The van der Waals surface area contributed by atoms with Crippen LogP contribution in [0.5, 0.6) is 0 Å². The molecule has 1 aromatic heterocycles. The Kier molecular flexibility index (Phi) is 6.54. The molecule has 9 nitrogen and oxygen atoms in total. The summed E-state index contributed by atoms with van der Waals surface area (Å²) in [6.07, 6.45) is 4.88. The monoisotopic (exact) mass is 296 g/mol. The number of amides is 4. The summed E-state index contributed by atoms with van der Waals surface area (Å²) in [6.45, 7) is 0.456. The number of carbonyl (C=O) groups excluding carboxylic acids is 3. The smallest absolute Gasteiger partial charge is 0.321 e. The van der Waals surface area contributed by atoms with Gasteiger partial charge in [-0.1, -0.05) is 0 Å². The Balaban J connectivity index is 0.000000151. The third-order valence-corrected chi connectivity index (χ3v) is 2.05. The van der Waals surface area contributed by atoms with E-state index in [0.29, 0.717) is 11.7 Å². The first-order valence-electron chi connectivity index (χ1n) is 5.43. The summed E-state index contributed by atoms with van der Waals surface area (Å²) in [5.74, 6) is -0.310. The van der Waals surface area contributed by atoms with Gasteiger partial charge in [-0.3, -0.25) is 14.9 Å². The van der Waals surface area contributed by atoms with Gasteiger partial charge in [-0.05, 0) is 18.3 Å². The minimum absolute atomic E-state index is 0.0509. The van der Waals surface area contributed by atoms with E-state index in [9.17, 15) is 14.4 Å². The van der Waals surface area contributed by atoms with Crippen LogP contribution in [0.1, 0.15) is 0 Å². The fraction of sp³-hybridized carbons (Fsp3) is 0.200. The predicted octanol–water partition coefficient (Wildman–Crippen LogP) is -1.71. The third-order valence-electron chi connectivity index (χ3n) is 1.80. The second-order valence-corrected chi connectivity index (χ2v) is 3.77. The van der Waals surface area contributed by atoms with Crippen molar-refractivity contribution in [2.24, 2.45) is 0 Å². The maximum Gasteiger partial charge on any atom is 0.321 e. The van der Waals surface area contributed by atoms with Crippen LogP contribution in [0, 0.1) is 0 Å². The molecule has 3 heterocycles. The summed E-state index contributed by atoms with van der Waals surface area (Å²) in [7, 11) is 0. The average molecular weight is 296 g/mol. The van der Waals surface area contributed by atoms with Gasteiger partial charge < -0.3 is 16.0 Å². The van der Waals surface area contributed by atoms with Crippen molar-refractivity contribution in [3.8, 4) is 0 Å². The normalized spacial score (nSPS) is 15.6. The summed E-state index contributed by atoms with van der Waals surface area (Å²) < 4.78 is 0. The Morgan fingerprint density at radius 1 is 0.950 bits per heavy atom. The predicted molar refractivity (Wildman–Crippen MR) is 72.3 cm³/mol. The van der Waals surface area contributed by atoms with E-state index in [4.69, 9.17) is 0 Å². The molecule has 2 fully saturated rings. The summed E-state index contributed by atoms with van der Waals surface area (Å²) in [4.78, 5) is 37.6. The molecule has 4 N–H and O–H groups in total. The molecule has 4 amide bonds. The average Bonchev–Trinajstić information content (AvgIpc) is 3.01. The number of nitrogens with one attached hydrogen (secondary N) is 4. The van der Waals surface area contributed by atoms with Gasteiger partial charge in [0, 0.05) is 12.4 Å². The van der Waals surface area contributed by atoms with E-state index in [2.05, 4.69) is 38.1 Å². The number of thiocarbonyl (C=S) groups is 1. The molecular weight excluding hydrogens is 284 g/mol. The minimum Gasteiger partial charge on any atom is -0.353 e. The number of aromatic nitrogens is 2. The van der Waals surface area contributed by atoms with Gasteiger partial charge in [0.05, 0.1) is 13.1 Å². The Bertz CT molecular complexity index is 410. The highest BCUT2D eigenvalue weighted by Crippen LogP contribution is 1.75. The van der Waals surface area contributed by atoms with Crippen molar-refractivity contribution in [3.63, 3.8) is 0 Å². The molecule has 0 aliphatic carbocycles. The molecule has 2 aliphatic heterocycles. The maximum absolute atomic E-state index is 10.2. The molecule has 0 saturated carbocycles. The molecule has 1 aromatic rings. The lowest BCUT2D eigenvalue weighted by molar-refractivity contribution is -0.118. The molecule has 3 rings (SSSR count). The van der Waals surface area contributed by atoms with E-state index in [1.807, 2.05) is 5.32 Å². The lowest BCUT2D eigenvalue weighted by Crippen LogP contribution is -2.22. The number of hydrogen-bond acceptors (Lipinski definition) is 6. The summed E-state index contributed by atoms with van der Waals surface area (Å²) >= 11 is 4.55. The first kappa shape index (κ1) is 15.4. The molecule has 2 saturated heterocycles. The van der Waals surface area contributed by atoms with E-state index >= 15 is 0 Å². The van der Waals surface area contributed by atoms with E-state index in [1.165, 1.54) is 6.33 Å². The lowest BCUT2D eigenvalue weighted by atomic mass is 10.7. The van der Waals surface area contributed by atoms with Crippen molar-refractivity contribution in [2.75, 3.05) is 13.1 Å². The third kappa shape index (κ3) is 6.96. The van der Waals surface area contributed by atoms with Crippen LogP contribution >= 0.6 is 12.2 Å². The van der Waals surface area contributed by atoms with Crippen LogP contribution < -0.4 is 21.3 Å². The Labute approximate surface area is 119 Å². The number of rotatable bonds is 0. The zero-order valence-corrected chi connectivity index (χ0v) is 11.1. The van der Waals surface area contributed by atoms with Crippen molar-refractivity contribution in [2.45, 2.75) is 0 Å². The SMILES string of the molecule is O=C1CNC(=O)N1.O=C1CNC(=S)N1.c1cncnc1. The molecule has 20 heavy (non-hydrogen) atoms. The second kappa shape index (κ2) is 8.48. The number of carbonyl (C=O) groups is 3. The zero-order chi connectivity index (χ0) is 14.8. The summed E-state index contributed by atoms with van der Waals surface area (Å²) in [5.41, 5.74) is 0. The fourth-order valence-electron chi connectivity index (χ4n) is 1.00. The van der Waals surface area contributed by atoms with Crippen molar-refractivity contribution in [1.29, 1.82) is 0 Å². The topological polar surface area (TPSA) is 125 Å². The van der Waals surface area contributed by atoms with Crippen LogP contribution in [0.3, 0.4) is 0 Å². The molecule has 0 spiro atoms. The second-order valence-electron chi connectivity index (χ2n) is 3.37. The molecule has 2 aliphatic rings. The van der Waals surface area contributed by atoms with E-state index in [1.54, 1.807) is 18.5 Å². The first-order chi connectivity index (χ1) is 9.58. The van der Waals surface area contributed by atoms with Crippen molar-refractivity contribution in [1.82, 2.24) is 31.2 Å². The highest BCUT2D eigenvalue weighted by atomic mass is 32.1. The van der Waals surface area contributed by atoms with Gasteiger partial charge in [0.1, 0.15) is 6.33 Å². The van der Waals surface area contributed by atoms with E-state index in [0.717, 1.165) is 0 Å². The Morgan fingerprint density at radius 3 is 1.70 bits per heavy atom. The van der Waals surface area contributed by atoms with Gasteiger partial charge in [-0.2, -0.15) is 0 Å². The lowest BCUT2D eigenvalue weighted by Gasteiger charge is -1.83. The quantitative estimate of drug-likeness (QED) is 0.332. The molecule has 10 heteroatoms. The summed E-state index contributed by atoms with van der Waals surface area (Å²) in [5, 5.41) is 9.77. The number of nitrogens with zero attached hydrogens (tertiary/aromatic N) is 2. The van der Waals surface area contributed by atoms with E-state index in [-0.39, 0.29) is 18.4 Å². The number of urea groups is 1. The van der Waals surface area contributed by atoms with E-state index < -0.39 is 6.03 Å². The van der Waals surface area contributed by atoms with Gasteiger partial charge >= 0.3 is 6.03 Å². The zero-order valence-electron chi connectivity index (χ0n) is 10.3. The molecule has 106 valence electrons. The number of hydrogen-bond donors (Lipinski definition) is 4. The van der Waals surface area contributed by atoms with Gasteiger partial charge in [-0.25, -0.2) is 14.8 Å². The first-order valence-corrected chi connectivity index (χ1v) is 5.84. The van der Waals surface area contributed by atoms with Crippen LogP contribution in [0.2, 0.25) is 0 Å². The van der Waals surface area contributed by atoms with Gasteiger partial charge in [0.2, 0.25) is 11.8 Å².